The van der Waals surface area contributed by atoms with Crippen LogP contribution in [0.5, 0.6) is 0 Å². The molecule has 11 heteroatoms. The second-order valence-corrected chi connectivity index (χ2v) is 13.3. The van der Waals surface area contributed by atoms with Crippen molar-refractivity contribution in [3.05, 3.63) is 77.2 Å². The van der Waals surface area contributed by atoms with Crippen LogP contribution >= 0.6 is 0 Å². The van der Waals surface area contributed by atoms with Gasteiger partial charge >= 0.3 is 0 Å². The van der Waals surface area contributed by atoms with E-state index in [-0.39, 0.29) is 34.5 Å². The van der Waals surface area contributed by atoms with Crippen molar-refractivity contribution in [2.45, 2.75) is 51.0 Å². The largest absolute Gasteiger partial charge is 0.443 e. The lowest BCUT2D eigenvalue weighted by molar-refractivity contribution is 0.242. The number of hydrogen-bond donors (Lipinski definition) is 1. The third-order valence-electron chi connectivity index (χ3n) is 8.28. The van der Waals surface area contributed by atoms with Gasteiger partial charge in [0.15, 0.2) is 0 Å². The number of fused-ring (bicyclic) bond motifs is 5. The van der Waals surface area contributed by atoms with Gasteiger partial charge in [0.2, 0.25) is 5.89 Å². The van der Waals surface area contributed by atoms with Gasteiger partial charge in [0.25, 0.3) is 0 Å². The second-order valence-electron chi connectivity index (χ2n) is 11.1. The van der Waals surface area contributed by atoms with Crippen LogP contribution in [0.4, 0.5) is 8.78 Å². The van der Waals surface area contributed by atoms with E-state index >= 15 is 0 Å². The highest BCUT2D eigenvalue weighted by molar-refractivity contribution is 7.97. The van der Waals surface area contributed by atoms with Crippen molar-refractivity contribution in [1.29, 1.82) is 0 Å². The van der Waals surface area contributed by atoms with Crippen molar-refractivity contribution in [2.75, 3.05) is 6.26 Å². The molecule has 39 heavy (non-hydrogen) atoms. The number of nitrogens with one attached hydrogen (secondary N) is 1. The van der Waals surface area contributed by atoms with E-state index in [1.165, 1.54) is 30.7 Å². The normalized spacial score (nSPS) is 23.4. The van der Waals surface area contributed by atoms with Crippen LogP contribution in [-0.4, -0.2) is 41.5 Å². The summed E-state index contributed by atoms with van der Waals surface area (Å²) in [5.74, 6) is 2.67. The highest BCUT2D eigenvalue weighted by atomic mass is 32.2. The molecule has 8 nitrogen and oxygen atoms in total. The highest BCUT2D eigenvalue weighted by Gasteiger charge is 2.65. The molecule has 2 aliphatic carbocycles. The third-order valence-corrected chi connectivity index (χ3v) is 9.14. The summed E-state index contributed by atoms with van der Waals surface area (Å²) in [6.45, 7) is 6.16. The van der Waals surface area contributed by atoms with Gasteiger partial charge in [-0.2, -0.15) is 5.10 Å². The molecular weight excluding hydrogens is 522 g/mol. The Bertz CT molecular complexity index is 1700. The van der Waals surface area contributed by atoms with Gasteiger partial charge in [-0.15, -0.1) is 5.10 Å². The molecule has 0 aliphatic heterocycles. The van der Waals surface area contributed by atoms with E-state index in [0.29, 0.717) is 17.1 Å². The summed E-state index contributed by atoms with van der Waals surface area (Å²) < 4.78 is 49.8. The van der Waals surface area contributed by atoms with Gasteiger partial charge < -0.3 is 4.42 Å². The minimum absolute atomic E-state index is 0.105. The predicted octanol–water partition coefficient (Wildman–Crippen LogP) is 4.98. The van der Waals surface area contributed by atoms with Crippen LogP contribution in [0.25, 0.3) is 22.8 Å². The Labute approximate surface area is 225 Å². The maximum absolute atomic E-state index is 14.5. The van der Waals surface area contributed by atoms with Crippen molar-refractivity contribution in [1.82, 2.24) is 29.9 Å². The lowest BCUT2D eigenvalue weighted by Crippen LogP contribution is -2.38. The molecular formula is C28H28F2N6O2S. The van der Waals surface area contributed by atoms with Gasteiger partial charge in [-0.25, -0.2) is 23.5 Å². The Morgan fingerprint density at radius 3 is 2.62 bits per heavy atom. The number of halogens is 2. The summed E-state index contributed by atoms with van der Waals surface area (Å²) in [6.07, 6.45) is 7.99. The Kier molecular flexibility index (Phi) is 5.74. The average Bonchev–Trinajstić information content (AvgIpc) is 3.52. The maximum atomic E-state index is 14.5. The Hall–Kier alpha value is -3.57. The summed E-state index contributed by atoms with van der Waals surface area (Å²) in [5, 5.41) is 8.86. The van der Waals surface area contributed by atoms with Crippen LogP contribution in [0.1, 0.15) is 68.2 Å². The first-order valence-corrected chi connectivity index (χ1v) is 14.8. The first-order valence-electron chi connectivity index (χ1n) is 12.6. The van der Waals surface area contributed by atoms with Gasteiger partial charge in [-0.05, 0) is 60.7 Å². The van der Waals surface area contributed by atoms with Crippen molar-refractivity contribution < 1.29 is 17.4 Å². The Balaban J connectivity index is 1.42. The standard InChI is InChI=1S/C28H28F2N6O2S/c1-15(36-39(4,5)37)22-14-38-26(33-22)21-12-31-13-23(32-21)28-10-9-17(27(28,2)3)16-11-20(34-35-25(16)28)24-18(29)7-6-8-19(24)30/h6-8,11-15,17H,4,9-10H2,1-3,5H3,(H,36,37)/t15-,17-,28-,39?/m0/s1. The molecule has 1 saturated carbocycles. The van der Waals surface area contributed by atoms with E-state index in [1.54, 1.807) is 18.5 Å². The molecule has 2 bridgehead atoms. The van der Waals surface area contributed by atoms with Crippen LogP contribution in [-0.2, 0) is 15.1 Å². The van der Waals surface area contributed by atoms with Gasteiger partial charge in [0, 0.05) is 22.2 Å². The van der Waals surface area contributed by atoms with Crippen molar-refractivity contribution in [2.24, 2.45) is 5.41 Å². The van der Waals surface area contributed by atoms with Gasteiger partial charge in [0.1, 0.15) is 23.6 Å². The summed E-state index contributed by atoms with van der Waals surface area (Å²) >= 11 is 0. The monoisotopic (exact) mass is 550 g/mol. The summed E-state index contributed by atoms with van der Waals surface area (Å²) in [6, 6.07) is 5.20. The summed E-state index contributed by atoms with van der Waals surface area (Å²) in [4.78, 5) is 14.0. The van der Waals surface area contributed by atoms with Crippen LogP contribution in [0.15, 0.2) is 47.3 Å². The minimum atomic E-state index is -2.43. The lowest BCUT2D eigenvalue weighted by atomic mass is 9.66. The van der Waals surface area contributed by atoms with Gasteiger partial charge in [-0.1, -0.05) is 19.9 Å². The fourth-order valence-corrected chi connectivity index (χ4v) is 7.34. The van der Waals surface area contributed by atoms with Crippen molar-refractivity contribution in [3.63, 3.8) is 0 Å². The zero-order valence-electron chi connectivity index (χ0n) is 22.0. The molecule has 0 spiro atoms. The first kappa shape index (κ1) is 25.7. The highest BCUT2D eigenvalue weighted by Crippen LogP contribution is 2.69. The molecule has 1 N–H and O–H groups in total. The van der Waals surface area contributed by atoms with Crippen LogP contribution in [0.3, 0.4) is 0 Å². The Morgan fingerprint density at radius 2 is 1.90 bits per heavy atom. The molecule has 0 saturated heterocycles. The van der Waals surface area contributed by atoms with Crippen LogP contribution in [0, 0.1) is 17.0 Å². The number of nitrogens with zero attached hydrogens (tertiary/aromatic N) is 5. The lowest BCUT2D eigenvalue weighted by Gasteiger charge is -2.37. The number of aromatic nitrogens is 5. The van der Waals surface area contributed by atoms with E-state index in [4.69, 9.17) is 9.40 Å². The topological polar surface area (TPSA) is 107 Å². The quantitative estimate of drug-likeness (QED) is 0.338. The fraction of sp³-hybridized carbons (Fsp3) is 0.357. The van der Waals surface area contributed by atoms with Crippen molar-refractivity contribution in [3.8, 4) is 22.8 Å². The van der Waals surface area contributed by atoms with E-state index in [2.05, 4.69) is 44.6 Å². The SMILES string of the molecule is C=S(C)(=O)N[C@@H](C)c1coc(-c2cncc([C@@]34CC[C@@H](c5cc(-c6c(F)cccc6F)nnc53)C4(C)C)n2)n1. The number of benzene rings is 1. The van der Waals surface area contributed by atoms with Gasteiger partial charge in [0.05, 0.1) is 46.0 Å². The van der Waals surface area contributed by atoms with Gasteiger partial charge in [-0.3, -0.25) is 9.19 Å². The molecule has 4 aromatic rings. The average molecular weight is 551 g/mol. The molecule has 1 aromatic carbocycles. The molecule has 1 unspecified atom stereocenters. The predicted molar refractivity (Wildman–Crippen MR) is 144 cm³/mol. The molecule has 1 fully saturated rings. The molecule has 2 aliphatic rings. The molecule has 0 amide bonds. The van der Waals surface area contributed by atoms with Crippen molar-refractivity contribution >= 4 is 15.6 Å². The number of hydrogen-bond acceptors (Lipinski definition) is 7. The van der Waals surface area contributed by atoms with Crippen LogP contribution in [0.2, 0.25) is 0 Å². The fourth-order valence-electron chi connectivity index (χ4n) is 6.47. The molecule has 4 atom stereocenters. The number of oxazole rings is 1. The molecule has 3 heterocycles. The van der Waals surface area contributed by atoms with E-state index in [9.17, 15) is 13.0 Å². The molecule has 202 valence electrons. The van der Waals surface area contributed by atoms with Crippen LogP contribution < -0.4 is 4.72 Å². The smallest absolute Gasteiger partial charge is 0.246 e. The van der Waals surface area contributed by atoms with E-state index < -0.39 is 26.8 Å². The summed E-state index contributed by atoms with van der Waals surface area (Å²) in [7, 11) is -2.43. The molecule has 3 aromatic heterocycles. The molecule has 6 rings (SSSR count). The Morgan fingerprint density at radius 1 is 1.15 bits per heavy atom. The second kappa shape index (κ2) is 8.72. The van der Waals surface area contributed by atoms with E-state index in [0.717, 1.165) is 24.1 Å². The maximum Gasteiger partial charge on any atom is 0.246 e. The number of rotatable bonds is 6. The zero-order valence-corrected chi connectivity index (χ0v) is 22.9. The minimum Gasteiger partial charge on any atom is -0.443 e. The summed E-state index contributed by atoms with van der Waals surface area (Å²) in [5.41, 5.74) is 2.53. The third kappa shape index (κ3) is 3.89. The van der Waals surface area contributed by atoms with E-state index in [1.807, 2.05) is 6.92 Å². The first-order chi connectivity index (χ1) is 18.4. The zero-order chi connectivity index (χ0) is 27.7. The molecule has 0 radical (unpaired) electrons.